The molecule has 0 bridgehead atoms. The average Bonchev–Trinajstić information content (AvgIpc) is 2.75. The zero-order valence-electron chi connectivity index (χ0n) is 8.74. The summed E-state index contributed by atoms with van der Waals surface area (Å²) in [5.41, 5.74) is 0.914. The lowest BCUT2D eigenvalue weighted by Gasteiger charge is -2.03. The Morgan fingerprint density at radius 1 is 1.50 bits per heavy atom. The lowest BCUT2D eigenvalue weighted by Crippen LogP contribution is -2.05. The quantitative estimate of drug-likeness (QED) is 0.888. The van der Waals surface area contributed by atoms with Gasteiger partial charge in [0.2, 0.25) is 0 Å². The van der Waals surface area contributed by atoms with E-state index >= 15 is 0 Å². The molecule has 0 saturated carbocycles. The monoisotopic (exact) mass is 238 g/mol. The Bertz CT molecular complexity index is 459. The third kappa shape index (κ3) is 2.62. The summed E-state index contributed by atoms with van der Waals surface area (Å²) >= 11 is 1.17. The van der Waals surface area contributed by atoms with E-state index in [2.05, 4.69) is 10.3 Å². The highest BCUT2D eigenvalue weighted by Crippen LogP contribution is 2.28. The fraction of sp³-hybridized carbons (Fsp3) is 0.182. The standard InChI is InChI=1S/C11H11FN2OS/c1-13-7-8-2-3-10(9(12)6-8)16-11-14-4-5-15-11/h2-6,13H,7H2,1H3. The van der Waals surface area contributed by atoms with E-state index in [1.807, 2.05) is 13.1 Å². The van der Waals surface area contributed by atoms with Gasteiger partial charge in [0, 0.05) is 6.54 Å². The smallest absolute Gasteiger partial charge is 0.260 e. The zero-order chi connectivity index (χ0) is 11.4. The van der Waals surface area contributed by atoms with Crippen LogP contribution in [0, 0.1) is 5.82 Å². The molecule has 1 heterocycles. The van der Waals surface area contributed by atoms with Gasteiger partial charge in [0.05, 0.1) is 11.1 Å². The molecule has 1 N–H and O–H groups in total. The normalized spacial score (nSPS) is 10.6. The van der Waals surface area contributed by atoms with E-state index < -0.39 is 0 Å². The van der Waals surface area contributed by atoms with Gasteiger partial charge in [-0.1, -0.05) is 6.07 Å². The van der Waals surface area contributed by atoms with E-state index in [-0.39, 0.29) is 5.82 Å². The molecule has 16 heavy (non-hydrogen) atoms. The third-order valence-electron chi connectivity index (χ3n) is 1.98. The summed E-state index contributed by atoms with van der Waals surface area (Å²) in [4.78, 5) is 4.44. The number of aromatic nitrogens is 1. The molecule has 0 aliphatic carbocycles. The number of benzene rings is 1. The summed E-state index contributed by atoms with van der Waals surface area (Å²) in [7, 11) is 1.83. The van der Waals surface area contributed by atoms with E-state index in [0.29, 0.717) is 16.7 Å². The lowest BCUT2D eigenvalue weighted by molar-refractivity contribution is 0.453. The van der Waals surface area contributed by atoms with Crippen LogP contribution in [-0.2, 0) is 6.54 Å². The number of rotatable bonds is 4. The maximum absolute atomic E-state index is 13.6. The molecular formula is C11H11FN2OS. The highest BCUT2D eigenvalue weighted by Gasteiger charge is 2.07. The molecule has 0 atom stereocenters. The van der Waals surface area contributed by atoms with Gasteiger partial charge < -0.3 is 9.73 Å². The van der Waals surface area contributed by atoms with Gasteiger partial charge in [-0.2, -0.15) is 0 Å². The first-order valence-electron chi connectivity index (χ1n) is 4.80. The van der Waals surface area contributed by atoms with Crippen LogP contribution in [-0.4, -0.2) is 12.0 Å². The fourth-order valence-corrected chi connectivity index (χ4v) is 1.99. The molecule has 0 saturated heterocycles. The van der Waals surface area contributed by atoms with Crippen LogP contribution < -0.4 is 5.32 Å². The van der Waals surface area contributed by atoms with E-state index in [1.165, 1.54) is 30.3 Å². The summed E-state index contributed by atoms with van der Waals surface area (Å²) in [5, 5.41) is 3.42. The van der Waals surface area contributed by atoms with Gasteiger partial charge in [0.25, 0.3) is 5.22 Å². The zero-order valence-corrected chi connectivity index (χ0v) is 9.55. The Kier molecular flexibility index (Phi) is 3.58. The predicted molar refractivity (Wildman–Crippen MR) is 59.8 cm³/mol. The molecule has 0 amide bonds. The molecule has 0 aliphatic rings. The van der Waals surface area contributed by atoms with Crippen LogP contribution >= 0.6 is 11.8 Å². The Morgan fingerprint density at radius 3 is 3.00 bits per heavy atom. The number of nitrogens with one attached hydrogen (secondary N) is 1. The molecule has 0 aliphatic heterocycles. The summed E-state index contributed by atoms with van der Waals surface area (Å²) in [6, 6.07) is 5.13. The van der Waals surface area contributed by atoms with E-state index in [1.54, 1.807) is 6.07 Å². The minimum absolute atomic E-state index is 0.254. The van der Waals surface area contributed by atoms with Gasteiger partial charge >= 0.3 is 0 Å². The number of hydrogen-bond donors (Lipinski definition) is 1. The Labute approximate surface area is 97.1 Å². The van der Waals surface area contributed by atoms with Crippen LogP contribution in [0.5, 0.6) is 0 Å². The molecule has 0 unspecified atom stereocenters. The SMILES string of the molecule is CNCc1ccc(Sc2ncco2)c(F)c1. The fourth-order valence-electron chi connectivity index (χ4n) is 1.30. The molecule has 3 nitrogen and oxygen atoms in total. The highest BCUT2D eigenvalue weighted by molar-refractivity contribution is 7.99. The van der Waals surface area contributed by atoms with Crippen molar-refractivity contribution >= 4 is 11.8 Å². The van der Waals surface area contributed by atoms with E-state index in [4.69, 9.17) is 4.42 Å². The Balaban J connectivity index is 2.16. The first-order valence-corrected chi connectivity index (χ1v) is 5.61. The maximum atomic E-state index is 13.6. The van der Waals surface area contributed by atoms with Crippen molar-refractivity contribution in [3.8, 4) is 0 Å². The van der Waals surface area contributed by atoms with E-state index in [0.717, 1.165) is 5.56 Å². The molecule has 84 valence electrons. The van der Waals surface area contributed by atoms with Crippen molar-refractivity contribution in [2.24, 2.45) is 0 Å². The van der Waals surface area contributed by atoms with Gasteiger partial charge in [0.1, 0.15) is 12.1 Å². The molecule has 0 spiro atoms. The number of hydrogen-bond acceptors (Lipinski definition) is 4. The molecular weight excluding hydrogens is 227 g/mol. The van der Waals surface area contributed by atoms with Gasteiger partial charge in [-0.3, -0.25) is 0 Å². The second kappa shape index (κ2) is 5.14. The second-order valence-corrected chi connectivity index (χ2v) is 4.19. The van der Waals surface area contributed by atoms with Gasteiger partial charge in [-0.15, -0.1) is 0 Å². The molecule has 0 fully saturated rings. The molecule has 1 aromatic heterocycles. The highest BCUT2D eigenvalue weighted by atomic mass is 32.2. The molecule has 5 heteroatoms. The van der Waals surface area contributed by atoms with Crippen LogP contribution in [0.1, 0.15) is 5.56 Å². The van der Waals surface area contributed by atoms with Crippen LogP contribution in [0.25, 0.3) is 0 Å². The largest absolute Gasteiger partial charge is 0.440 e. The van der Waals surface area contributed by atoms with Crippen molar-refractivity contribution in [2.75, 3.05) is 7.05 Å². The van der Waals surface area contributed by atoms with Crippen LogP contribution in [0.3, 0.4) is 0 Å². The number of oxazole rings is 1. The Morgan fingerprint density at radius 2 is 2.38 bits per heavy atom. The first kappa shape index (κ1) is 11.2. The molecule has 2 aromatic rings. The summed E-state index contributed by atoms with van der Waals surface area (Å²) in [5.74, 6) is -0.254. The lowest BCUT2D eigenvalue weighted by atomic mass is 10.2. The van der Waals surface area contributed by atoms with Crippen molar-refractivity contribution in [3.05, 3.63) is 42.0 Å². The maximum Gasteiger partial charge on any atom is 0.260 e. The number of nitrogens with zero attached hydrogens (tertiary/aromatic N) is 1. The Hall–Kier alpha value is -1.33. The van der Waals surface area contributed by atoms with Crippen molar-refractivity contribution in [1.29, 1.82) is 0 Å². The van der Waals surface area contributed by atoms with Crippen LogP contribution in [0.15, 0.2) is 45.2 Å². The van der Waals surface area contributed by atoms with Crippen LogP contribution in [0.2, 0.25) is 0 Å². The molecule has 0 radical (unpaired) electrons. The second-order valence-electron chi connectivity index (χ2n) is 3.20. The summed E-state index contributed by atoms with van der Waals surface area (Å²) < 4.78 is 18.7. The topological polar surface area (TPSA) is 38.1 Å². The first-order chi connectivity index (χ1) is 7.79. The molecule has 2 rings (SSSR count). The van der Waals surface area contributed by atoms with Crippen molar-refractivity contribution in [3.63, 3.8) is 0 Å². The van der Waals surface area contributed by atoms with E-state index in [9.17, 15) is 4.39 Å². The summed E-state index contributed by atoms with van der Waals surface area (Å²) in [6.45, 7) is 0.654. The number of halogens is 1. The van der Waals surface area contributed by atoms with Crippen LogP contribution in [0.4, 0.5) is 4.39 Å². The van der Waals surface area contributed by atoms with Crippen molar-refractivity contribution in [2.45, 2.75) is 16.7 Å². The third-order valence-corrected chi connectivity index (χ3v) is 2.91. The van der Waals surface area contributed by atoms with Gasteiger partial charge in [-0.25, -0.2) is 9.37 Å². The average molecular weight is 238 g/mol. The minimum atomic E-state index is -0.254. The van der Waals surface area contributed by atoms with Gasteiger partial charge in [0.15, 0.2) is 0 Å². The predicted octanol–water partition coefficient (Wildman–Crippen LogP) is 2.68. The minimum Gasteiger partial charge on any atom is -0.440 e. The van der Waals surface area contributed by atoms with Gasteiger partial charge in [-0.05, 0) is 36.5 Å². The molecule has 1 aromatic carbocycles. The summed E-state index contributed by atoms with van der Waals surface area (Å²) in [6.07, 6.45) is 3.01. The van der Waals surface area contributed by atoms with Crippen molar-refractivity contribution < 1.29 is 8.81 Å². The van der Waals surface area contributed by atoms with Crippen molar-refractivity contribution in [1.82, 2.24) is 10.3 Å².